The third kappa shape index (κ3) is 3.43. The second-order valence-corrected chi connectivity index (χ2v) is 6.11. The van der Waals surface area contributed by atoms with Crippen molar-refractivity contribution in [2.24, 2.45) is 5.84 Å². The van der Waals surface area contributed by atoms with E-state index in [2.05, 4.69) is 15.1 Å². The van der Waals surface area contributed by atoms with Crippen LogP contribution in [0.3, 0.4) is 0 Å². The first-order chi connectivity index (χ1) is 8.94. The molecule has 0 fully saturated rings. The highest BCUT2D eigenvalue weighted by molar-refractivity contribution is 7.89. The van der Waals surface area contributed by atoms with Crippen molar-refractivity contribution in [1.29, 1.82) is 0 Å². The predicted octanol–water partition coefficient (Wildman–Crippen LogP) is 1.61. The molecule has 0 aliphatic heterocycles. The molecule has 0 unspecified atom stereocenters. The Morgan fingerprint density at radius 2 is 1.84 bits per heavy atom. The highest BCUT2D eigenvalue weighted by atomic mass is 32.2. The molecule has 1 heterocycles. The minimum Gasteiger partial charge on any atom is -0.323 e. The topological polar surface area (TPSA) is 97.1 Å². The molecule has 4 N–H and O–H groups in total. The van der Waals surface area contributed by atoms with Crippen LogP contribution < -0.4 is 16.0 Å². The van der Waals surface area contributed by atoms with E-state index in [4.69, 9.17) is 5.84 Å². The van der Waals surface area contributed by atoms with Gasteiger partial charge in [0.2, 0.25) is 10.0 Å². The number of anilines is 1. The van der Waals surface area contributed by atoms with E-state index in [1.54, 1.807) is 0 Å². The molecule has 0 aliphatic carbocycles. The minimum absolute atomic E-state index is 0.0669. The van der Waals surface area contributed by atoms with Gasteiger partial charge in [0.15, 0.2) is 0 Å². The Hall–Kier alpha value is -1.18. The van der Waals surface area contributed by atoms with E-state index >= 15 is 0 Å². The SMILES string of the molecule is CCC(CC)(CC)NS(=O)(=O)c1cnccc1NN. The van der Waals surface area contributed by atoms with Crippen LogP contribution in [0.15, 0.2) is 23.4 Å². The molecule has 1 rings (SSSR count). The second-order valence-electron chi connectivity index (χ2n) is 4.46. The lowest BCUT2D eigenvalue weighted by Crippen LogP contribution is -2.47. The molecule has 108 valence electrons. The average Bonchev–Trinajstić information content (AvgIpc) is 2.45. The molecular formula is C12H22N4O2S. The maximum Gasteiger partial charge on any atom is 0.244 e. The van der Waals surface area contributed by atoms with Crippen molar-refractivity contribution < 1.29 is 8.42 Å². The van der Waals surface area contributed by atoms with Crippen LogP contribution in [0, 0.1) is 0 Å². The molecule has 7 heteroatoms. The molecule has 0 amide bonds. The maximum atomic E-state index is 12.5. The standard InChI is InChI=1S/C12H22N4O2S/c1-4-12(5-2,6-3)16-19(17,18)11-9-14-8-7-10(11)15-13/h7-9,16H,4-6,13H2,1-3H3,(H,14,15). The minimum atomic E-state index is -3.65. The van der Waals surface area contributed by atoms with Gasteiger partial charge >= 0.3 is 0 Å². The Labute approximate surface area is 114 Å². The second kappa shape index (κ2) is 6.31. The van der Waals surface area contributed by atoms with E-state index in [9.17, 15) is 8.42 Å². The van der Waals surface area contributed by atoms with Gasteiger partial charge in [-0.1, -0.05) is 20.8 Å². The lowest BCUT2D eigenvalue weighted by atomic mass is 9.91. The Balaban J connectivity index is 3.18. The lowest BCUT2D eigenvalue weighted by molar-refractivity contribution is 0.341. The number of nitrogen functional groups attached to an aromatic ring is 1. The van der Waals surface area contributed by atoms with Crippen molar-refractivity contribution in [1.82, 2.24) is 9.71 Å². The number of nitrogens with two attached hydrogens (primary N) is 1. The monoisotopic (exact) mass is 286 g/mol. The van der Waals surface area contributed by atoms with E-state index in [1.807, 2.05) is 20.8 Å². The fraction of sp³-hybridized carbons (Fsp3) is 0.583. The number of aromatic nitrogens is 1. The predicted molar refractivity (Wildman–Crippen MR) is 76.0 cm³/mol. The number of nitrogens with zero attached hydrogens (tertiary/aromatic N) is 1. The highest BCUT2D eigenvalue weighted by Gasteiger charge is 2.31. The van der Waals surface area contributed by atoms with E-state index in [0.717, 1.165) is 19.3 Å². The number of hydrogen-bond donors (Lipinski definition) is 3. The first kappa shape index (κ1) is 15.9. The van der Waals surface area contributed by atoms with Crippen LogP contribution in [0.2, 0.25) is 0 Å². The van der Waals surface area contributed by atoms with Gasteiger partial charge in [0.25, 0.3) is 0 Å². The zero-order valence-corrected chi connectivity index (χ0v) is 12.4. The van der Waals surface area contributed by atoms with Gasteiger partial charge in [-0.05, 0) is 25.3 Å². The fourth-order valence-electron chi connectivity index (χ4n) is 2.02. The van der Waals surface area contributed by atoms with Crippen molar-refractivity contribution in [2.45, 2.75) is 50.5 Å². The van der Waals surface area contributed by atoms with Gasteiger partial charge in [0.1, 0.15) is 4.90 Å². The van der Waals surface area contributed by atoms with Gasteiger partial charge in [-0.3, -0.25) is 10.8 Å². The summed E-state index contributed by atoms with van der Waals surface area (Å²) in [6.07, 6.45) is 4.96. The Morgan fingerprint density at radius 1 is 1.26 bits per heavy atom. The van der Waals surface area contributed by atoms with E-state index in [1.165, 1.54) is 18.5 Å². The molecule has 1 aromatic rings. The summed E-state index contributed by atoms with van der Waals surface area (Å²) in [4.78, 5) is 3.92. The molecule has 0 spiro atoms. The quantitative estimate of drug-likeness (QED) is 0.522. The number of sulfonamides is 1. The molecule has 0 aromatic carbocycles. The molecule has 6 nitrogen and oxygen atoms in total. The summed E-state index contributed by atoms with van der Waals surface area (Å²) in [7, 11) is -3.65. The van der Waals surface area contributed by atoms with Gasteiger partial charge in [0.05, 0.1) is 5.69 Å². The van der Waals surface area contributed by atoms with Crippen molar-refractivity contribution in [3.05, 3.63) is 18.5 Å². The van der Waals surface area contributed by atoms with Crippen molar-refractivity contribution in [2.75, 3.05) is 5.43 Å². The van der Waals surface area contributed by atoms with Crippen molar-refractivity contribution >= 4 is 15.7 Å². The van der Waals surface area contributed by atoms with Crippen LogP contribution >= 0.6 is 0 Å². The summed E-state index contributed by atoms with van der Waals surface area (Å²) in [5, 5.41) is 0. The van der Waals surface area contributed by atoms with Gasteiger partial charge < -0.3 is 5.43 Å². The van der Waals surface area contributed by atoms with Crippen LogP contribution in [0.25, 0.3) is 0 Å². The summed E-state index contributed by atoms with van der Waals surface area (Å²) >= 11 is 0. The molecule has 0 saturated heterocycles. The van der Waals surface area contributed by atoms with Crippen LogP contribution in [0.4, 0.5) is 5.69 Å². The van der Waals surface area contributed by atoms with Gasteiger partial charge in [-0.25, -0.2) is 13.1 Å². The molecule has 0 atom stereocenters. The molecule has 0 saturated carbocycles. The summed E-state index contributed by atoms with van der Waals surface area (Å²) in [6, 6.07) is 1.53. The number of hydrazine groups is 1. The molecule has 0 aliphatic rings. The number of hydrogen-bond acceptors (Lipinski definition) is 5. The third-order valence-corrected chi connectivity index (χ3v) is 5.22. The fourth-order valence-corrected chi connectivity index (χ4v) is 3.75. The third-order valence-electron chi connectivity index (χ3n) is 3.61. The molecule has 0 radical (unpaired) electrons. The van der Waals surface area contributed by atoms with Gasteiger partial charge in [-0.2, -0.15) is 0 Å². The average molecular weight is 286 g/mol. The first-order valence-corrected chi connectivity index (χ1v) is 7.87. The Kier molecular flexibility index (Phi) is 5.28. The zero-order valence-electron chi connectivity index (χ0n) is 11.6. The molecule has 1 aromatic heterocycles. The Morgan fingerprint density at radius 3 is 2.32 bits per heavy atom. The molecular weight excluding hydrogens is 264 g/mol. The smallest absolute Gasteiger partial charge is 0.244 e. The van der Waals surface area contributed by atoms with Crippen molar-refractivity contribution in [3.8, 4) is 0 Å². The van der Waals surface area contributed by atoms with Crippen molar-refractivity contribution in [3.63, 3.8) is 0 Å². The number of rotatable bonds is 7. The zero-order chi connectivity index (χ0) is 14.5. The first-order valence-electron chi connectivity index (χ1n) is 6.39. The van der Waals surface area contributed by atoms with Crippen LogP contribution in [-0.2, 0) is 10.0 Å². The van der Waals surface area contributed by atoms with E-state index in [0.29, 0.717) is 5.69 Å². The number of pyridine rings is 1. The highest BCUT2D eigenvalue weighted by Crippen LogP contribution is 2.25. The molecule has 0 bridgehead atoms. The van der Waals surface area contributed by atoms with E-state index < -0.39 is 15.6 Å². The van der Waals surface area contributed by atoms with Crippen LogP contribution in [-0.4, -0.2) is 18.9 Å². The largest absolute Gasteiger partial charge is 0.323 e. The maximum absolute atomic E-state index is 12.5. The lowest BCUT2D eigenvalue weighted by Gasteiger charge is -2.31. The van der Waals surface area contributed by atoms with Crippen LogP contribution in [0.5, 0.6) is 0 Å². The van der Waals surface area contributed by atoms with Crippen LogP contribution in [0.1, 0.15) is 40.0 Å². The summed E-state index contributed by atoms with van der Waals surface area (Å²) in [6.45, 7) is 5.92. The Bertz CT molecular complexity index is 504. The van der Waals surface area contributed by atoms with Gasteiger partial charge in [-0.15, -0.1) is 0 Å². The summed E-state index contributed by atoms with van der Waals surface area (Å²) < 4.78 is 27.7. The van der Waals surface area contributed by atoms with E-state index in [-0.39, 0.29) is 4.90 Å². The molecule has 19 heavy (non-hydrogen) atoms. The summed E-state index contributed by atoms with van der Waals surface area (Å²) in [5.74, 6) is 5.34. The normalized spacial score (nSPS) is 12.4. The van der Waals surface area contributed by atoms with Gasteiger partial charge in [0, 0.05) is 17.9 Å². The summed E-state index contributed by atoms with van der Waals surface area (Å²) in [5.41, 5.74) is 2.29. The number of nitrogens with one attached hydrogen (secondary N) is 2.